The van der Waals surface area contributed by atoms with Crippen molar-refractivity contribution >= 4 is 39.7 Å². The van der Waals surface area contributed by atoms with E-state index >= 15 is 0 Å². The van der Waals surface area contributed by atoms with Gasteiger partial charge in [0.15, 0.2) is 0 Å². The van der Waals surface area contributed by atoms with Gasteiger partial charge >= 0.3 is 0 Å². The van der Waals surface area contributed by atoms with Crippen molar-refractivity contribution < 1.29 is 20.1 Å². The van der Waals surface area contributed by atoms with E-state index in [2.05, 4.69) is 5.32 Å². The van der Waals surface area contributed by atoms with Crippen molar-refractivity contribution in [3.05, 3.63) is 70.9 Å². The van der Waals surface area contributed by atoms with E-state index in [-0.39, 0.29) is 12.6 Å². The van der Waals surface area contributed by atoms with Gasteiger partial charge in [-0.1, -0.05) is 53.7 Å². The maximum absolute atomic E-state index is 10.4. The Balaban J connectivity index is 1.62. The van der Waals surface area contributed by atoms with Crippen LogP contribution in [0, 0.1) is 0 Å². The predicted octanol–water partition coefficient (Wildman–Crippen LogP) is 3.14. The van der Waals surface area contributed by atoms with Gasteiger partial charge in [0.25, 0.3) is 0 Å². The minimum Gasteiger partial charge on any atom is -0.394 e. The topological polar surface area (TPSA) is 94.3 Å². The molecule has 2 aliphatic rings. The quantitative estimate of drug-likeness (QED) is 0.563. The molecule has 6 nitrogen and oxygen atoms in total. The van der Waals surface area contributed by atoms with Crippen LogP contribution in [-0.4, -0.2) is 56.8 Å². The summed E-state index contributed by atoms with van der Waals surface area (Å²) in [6, 6.07) is 17.1. The molecular formula is C22H23ClN2O4S. The molecule has 0 amide bonds. The van der Waals surface area contributed by atoms with Crippen molar-refractivity contribution in [2.45, 2.75) is 36.7 Å². The molecule has 2 aromatic carbocycles. The molecule has 0 aromatic heterocycles. The Labute approximate surface area is 184 Å². The summed E-state index contributed by atoms with van der Waals surface area (Å²) in [6.45, 7) is 1.59. The highest BCUT2D eigenvalue weighted by atomic mass is 35.5. The van der Waals surface area contributed by atoms with Crippen LogP contribution in [0.3, 0.4) is 0 Å². The number of anilines is 1. The molecule has 0 bridgehead atoms. The van der Waals surface area contributed by atoms with E-state index in [1.807, 2.05) is 61.5 Å². The van der Waals surface area contributed by atoms with E-state index < -0.39 is 23.7 Å². The summed E-state index contributed by atoms with van der Waals surface area (Å²) in [6.07, 6.45) is -3.07. The molecule has 1 unspecified atom stereocenters. The first-order valence-electron chi connectivity index (χ1n) is 9.64. The first-order chi connectivity index (χ1) is 14.5. The van der Waals surface area contributed by atoms with Gasteiger partial charge in [-0.3, -0.25) is 0 Å². The molecule has 2 aliphatic heterocycles. The lowest BCUT2D eigenvalue weighted by Gasteiger charge is -2.23. The van der Waals surface area contributed by atoms with E-state index in [9.17, 15) is 15.3 Å². The predicted molar refractivity (Wildman–Crippen MR) is 121 cm³/mol. The second kappa shape index (κ2) is 9.09. The summed E-state index contributed by atoms with van der Waals surface area (Å²) in [5.41, 5.74) is 3.08. The molecule has 1 fully saturated rings. The summed E-state index contributed by atoms with van der Waals surface area (Å²) < 4.78 is 5.66. The van der Waals surface area contributed by atoms with Crippen LogP contribution in [0.5, 0.6) is 0 Å². The summed E-state index contributed by atoms with van der Waals surface area (Å²) >= 11 is 7.28. The highest BCUT2D eigenvalue weighted by Crippen LogP contribution is 2.39. The van der Waals surface area contributed by atoms with Gasteiger partial charge in [-0.05, 0) is 36.8 Å². The minimum absolute atomic E-state index is 0.264. The minimum atomic E-state index is -1.14. The molecule has 4 N–H and O–H groups in total. The molecule has 158 valence electrons. The Bertz CT molecular complexity index is 951. The lowest BCUT2D eigenvalue weighted by atomic mass is 9.99. The summed E-state index contributed by atoms with van der Waals surface area (Å²) in [5.74, 6) is 0. The maximum atomic E-state index is 10.4. The SMILES string of the molecule is CC1=C(c2ccccc2)C(Nc2ccc(Cl)cc2)C(S[C@@H]2O[C@H](CO)[C@@H](O)[C@H]2O)=N1. The molecule has 2 heterocycles. The Morgan fingerprint density at radius 1 is 1.07 bits per heavy atom. The fourth-order valence-electron chi connectivity index (χ4n) is 3.64. The van der Waals surface area contributed by atoms with E-state index in [1.54, 1.807) is 0 Å². The van der Waals surface area contributed by atoms with Crippen molar-refractivity contribution in [1.29, 1.82) is 0 Å². The van der Waals surface area contributed by atoms with Gasteiger partial charge in [0.1, 0.15) is 34.8 Å². The Morgan fingerprint density at radius 2 is 1.77 bits per heavy atom. The standard InChI is InChI=1S/C22H23ClN2O4S/c1-12-17(13-5-3-2-4-6-13)18(25-15-9-7-14(23)8-10-15)21(24-12)30-22-20(28)19(27)16(11-26)29-22/h2-10,16,18-20,22,25-28H,11H2,1H3/t16-,18?,19-,20-,22+/m1/s1. The largest absolute Gasteiger partial charge is 0.394 e. The molecule has 0 saturated carbocycles. The van der Waals surface area contributed by atoms with Crippen LogP contribution in [-0.2, 0) is 4.74 Å². The molecule has 1 saturated heterocycles. The monoisotopic (exact) mass is 446 g/mol. The second-order valence-electron chi connectivity index (χ2n) is 7.22. The number of halogens is 1. The molecule has 8 heteroatoms. The van der Waals surface area contributed by atoms with Crippen LogP contribution in [0.2, 0.25) is 5.02 Å². The van der Waals surface area contributed by atoms with Crippen molar-refractivity contribution in [3.63, 3.8) is 0 Å². The molecule has 0 radical (unpaired) electrons. The van der Waals surface area contributed by atoms with Gasteiger partial charge in [-0.25, -0.2) is 4.99 Å². The summed E-state index contributed by atoms with van der Waals surface area (Å²) in [4.78, 5) is 4.75. The number of allylic oxidation sites excluding steroid dienone is 1. The average Bonchev–Trinajstić information content (AvgIpc) is 3.20. The van der Waals surface area contributed by atoms with Crippen LogP contribution < -0.4 is 5.32 Å². The number of benzene rings is 2. The van der Waals surface area contributed by atoms with Crippen LogP contribution in [0.4, 0.5) is 5.69 Å². The highest BCUT2D eigenvalue weighted by Gasteiger charge is 2.45. The van der Waals surface area contributed by atoms with Crippen LogP contribution in [0.1, 0.15) is 12.5 Å². The number of hydrogen-bond donors (Lipinski definition) is 4. The van der Waals surface area contributed by atoms with Crippen LogP contribution in [0.15, 0.2) is 65.3 Å². The molecule has 30 heavy (non-hydrogen) atoms. The molecular weight excluding hydrogens is 424 g/mol. The summed E-state index contributed by atoms with van der Waals surface area (Å²) in [5, 5.41) is 34.7. The Hall–Kier alpha value is -1.87. The van der Waals surface area contributed by atoms with Gasteiger partial charge in [-0.15, -0.1) is 0 Å². The van der Waals surface area contributed by atoms with Gasteiger partial charge in [0, 0.05) is 22.0 Å². The number of aliphatic hydroxyl groups is 3. The smallest absolute Gasteiger partial charge is 0.138 e. The van der Waals surface area contributed by atoms with E-state index in [0.29, 0.717) is 5.02 Å². The second-order valence-corrected chi connectivity index (χ2v) is 8.78. The molecule has 0 aliphatic carbocycles. The number of ether oxygens (including phenoxy) is 1. The van der Waals surface area contributed by atoms with Crippen molar-refractivity contribution in [1.82, 2.24) is 0 Å². The van der Waals surface area contributed by atoms with Gasteiger partial charge in [0.05, 0.1) is 6.61 Å². The number of nitrogens with one attached hydrogen (secondary N) is 1. The first kappa shape index (κ1) is 21.4. The Morgan fingerprint density at radius 3 is 2.40 bits per heavy atom. The molecule has 5 atom stereocenters. The zero-order valence-corrected chi connectivity index (χ0v) is 17.8. The van der Waals surface area contributed by atoms with E-state index in [1.165, 1.54) is 11.8 Å². The van der Waals surface area contributed by atoms with Crippen molar-refractivity contribution in [3.8, 4) is 0 Å². The van der Waals surface area contributed by atoms with Gasteiger partial charge < -0.3 is 25.4 Å². The molecule has 0 spiro atoms. The lowest BCUT2D eigenvalue weighted by Crippen LogP contribution is -2.34. The summed E-state index contributed by atoms with van der Waals surface area (Å²) in [7, 11) is 0. The number of aliphatic hydroxyl groups excluding tert-OH is 3. The number of rotatable bonds is 5. The molecule has 4 rings (SSSR count). The first-order valence-corrected chi connectivity index (χ1v) is 10.9. The Kier molecular flexibility index (Phi) is 6.48. The normalized spacial score (nSPS) is 28.7. The number of aliphatic imine (C=N–C) groups is 1. The van der Waals surface area contributed by atoms with Crippen molar-refractivity contribution in [2.24, 2.45) is 4.99 Å². The van der Waals surface area contributed by atoms with Crippen molar-refractivity contribution in [2.75, 3.05) is 11.9 Å². The van der Waals surface area contributed by atoms with Crippen LogP contribution in [0.25, 0.3) is 5.57 Å². The molecule has 2 aromatic rings. The lowest BCUT2D eigenvalue weighted by molar-refractivity contribution is -0.00801. The zero-order chi connectivity index (χ0) is 21.3. The van der Waals surface area contributed by atoms with E-state index in [4.69, 9.17) is 21.3 Å². The van der Waals surface area contributed by atoms with E-state index in [0.717, 1.165) is 27.6 Å². The maximum Gasteiger partial charge on any atom is 0.138 e. The van der Waals surface area contributed by atoms with Gasteiger partial charge in [-0.2, -0.15) is 0 Å². The number of hydrogen-bond acceptors (Lipinski definition) is 7. The number of nitrogens with zero attached hydrogens (tertiary/aromatic N) is 1. The highest BCUT2D eigenvalue weighted by molar-refractivity contribution is 8.14. The third-order valence-electron chi connectivity index (χ3n) is 5.18. The fraction of sp³-hybridized carbons (Fsp3) is 0.318. The average molecular weight is 447 g/mol. The third-order valence-corrected chi connectivity index (χ3v) is 6.62. The van der Waals surface area contributed by atoms with Gasteiger partial charge in [0.2, 0.25) is 0 Å². The van der Waals surface area contributed by atoms with Crippen LogP contribution >= 0.6 is 23.4 Å². The zero-order valence-electron chi connectivity index (χ0n) is 16.3. The number of thioether (sulfide) groups is 1. The fourth-order valence-corrected chi connectivity index (χ4v) is 5.00. The third kappa shape index (κ3) is 4.27.